The molecule has 1 nitrogen and oxygen atoms in total. The van der Waals surface area contributed by atoms with Crippen LogP contribution in [-0.2, 0) is 0 Å². The van der Waals surface area contributed by atoms with Crippen LogP contribution in [0.3, 0.4) is 0 Å². The highest BCUT2D eigenvalue weighted by molar-refractivity contribution is 6.30. The first kappa shape index (κ1) is 18.5. The van der Waals surface area contributed by atoms with Crippen molar-refractivity contribution in [2.45, 2.75) is 0 Å². The molecular formula is C28H20ClN. The van der Waals surface area contributed by atoms with E-state index in [-0.39, 0.29) is 0 Å². The predicted octanol–water partition coefficient (Wildman–Crippen LogP) is 8.63. The van der Waals surface area contributed by atoms with E-state index in [1.54, 1.807) is 0 Å². The summed E-state index contributed by atoms with van der Waals surface area (Å²) in [6.07, 6.45) is 0. The maximum Gasteiger partial charge on any atom is 0.0540 e. The fraction of sp³-hybridized carbons (Fsp3) is 0. The molecule has 0 aliphatic carbocycles. The van der Waals surface area contributed by atoms with E-state index in [1.165, 1.54) is 16.3 Å². The Morgan fingerprint density at radius 2 is 1.00 bits per heavy atom. The molecular weight excluding hydrogens is 386 g/mol. The molecule has 0 saturated carbocycles. The van der Waals surface area contributed by atoms with E-state index in [0.717, 1.165) is 27.6 Å². The zero-order chi connectivity index (χ0) is 20.3. The lowest BCUT2D eigenvalue weighted by Crippen LogP contribution is -2.10. The standard InChI is InChI=1S/C28H20ClN/c29-22-17-15-21(16-18-22)25-19-20-28(27-14-8-7-13-26(25)27)30(23-9-3-1-4-10-23)24-11-5-2-6-12-24/h1-20H. The summed E-state index contributed by atoms with van der Waals surface area (Å²) in [5, 5.41) is 3.17. The first-order chi connectivity index (χ1) is 14.8. The molecule has 2 heteroatoms. The molecule has 0 spiro atoms. The average Bonchev–Trinajstić information content (AvgIpc) is 2.81. The van der Waals surface area contributed by atoms with E-state index in [1.807, 2.05) is 12.1 Å². The van der Waals surface area contributed by atoms with Crippen molar-refractivity contribution >= 4 is 39.4 Å². The summed E-state index contributed by atoms with van der Waals surface area (Å²) in [7, 11) is 0. The second-order valence-electron chi connectivity index (χ2n) is 7.19. The molecule has 5 aromatic rings. The molecule has 5 aromatic carbocycles. The molecule has 0 saturated heterocycles. The van der Waals surface area contributed by atoms with Crippen molar-refractivity contribution in [3.8, 4) is 11.1 Å². The quantitative estimate of drug-likeness (QED) is 0.289. The van der Waals surface area contributed by atoms with Crippen molar-refractivity contribution < 1.29 is 0 Å². The number of anilines is 3. The van der Waals surface area contributed by atoms with Crippen LogP contribution in [0.1, 0.15) is 0 Å². The molecule has 0 atom stereocenters. The Labute approximate surface area is 181 Å². The molecule has 0 aliphatic rings. The van der Waals surface area contributed by atoms with Crippen LogP contribution >= 0.6 is 11.6 Å². The van der Waals surface area contributed by atoms with Gasteiger partial charge in [0.25, 0.3) is 0 Å². The third-order valence-corrected chi connectivity index (χ3v) is 5.58. The predicted molar refractivity (Wildman–Crippen MR) is 129 cm³/mol. The van der Waals surface area contributed by atoms with Gasteiger partial charge in [-0.15, -0.1) is 0 Å². The van der Waals surface area contributed by atoms with Crippen LogP contribution in [0, 0.1) is 0 Å². The minimum absolute atomic E-state index is 0.749. The molecule has 0 unspecified atom stereocenters. The highest BCUT2D eigenvalue weighted by Crippen LogP contribution is 2.41. The maximum absolute atomic E-state index is 6.11. The average molecular weight is 406 g/mol. The normalized spacial score (nSPS) is 10.8. The zero-order valence-electron chi connectivity index (χ0n) is 16.4. The first-order valence-electron chi connectivity index (χ1n) is 9.99. The van der Waals surface area contributed by atoms with Crippen LogP contribution in [0.5, 0.6) is 0 Å². The summed E-state index contributed by atoms with van der Waals surface area (Å²) < 4.78 is 0. The first-order valence-corrected chi connectivity index (χ1v) is 10.4. The highest BCUT2D eigenvalue weighted by atomic mass is 35.5. The Balaban J connectivity index is 1.75. The molecule has 0 aliphatic heterocycles. The smallest absolute Gasteiger partial charge is 0.0540 e. The van der Waals surface area contributed by atoms with Gasteiger partial charge < -0.3 is 4.90 Å². The summed E-state index contributed by atoms with van der Waals surface area (Å²) in [4.78, 5) is 2.31. The molecule has 0 heterocycles. The molecule has 0 N–H and O–H groups in total. The molecule has 0 aromatic heterocycles. The van der Waals surface area contributed by atoms with Crippen LogP contribution in [0.2, 0.25) is 5.02 Å². The van der Waals surface area contributed by atoms with Crippen LogP contribution in [0.15, 0.2) is 121 Å². The molecule has 0 amide bonds. The fourth-order valence-electron chi connectivity index (χ4n) is 3.94. The van der Waals surface area contributed by atoms with E-state index < -0.39 is 0 Å². The number of nitrogens with zero attached hydrogens (tertiary/aromatic N) is 1. The topological polar surface area (TPSA) is 3.24 Å². The SMILES string of the molecule is Clc1ccc(-c2ccc(N(c3ccccc3)c3ccccc3)c3ccccc23)cc1. The second-order valence-corrected chi connectivity index (χ2v) is 7.63. The number of benzene rings is 5. The zero-order valence-corrected chi connectivity index (χ0v) is 17.1. The lowest BCUT2D eigenvalue weighted by Gasteiger charge is -2.27. The van der Waals surface area contributed by atoms with Crippen molar-refractivity contribution in [3.05, 3.63) is 126 Å². The maximum atomic E-state index is 6.11. The van der Waals surface area contributed by atoms with E-state index in [2.05, 4.69) is 114 Å². The van der Waals surface area contributed by atoms with Crippen LogP contribution < -0.4 is 4.90 Å². The number of para-hydroxylation sites is 2. The summed E-state index contributed by atoms with van der Waals surface area (Å²) in [6.45, 7) is 0. The molecule has 0 bridgehead atoms. The van der Waals surface area contributed by atoms with Gasteiger partial charge in [0.15, 0.2) is 0 Å². The number of fused-ring (bicyclic) bond motifs is 1. The summed E-state index contributed by atoms with van der Waals surface area (Å²) >= 11 is 6.11. The van der Waals surface area contributed by atoms with Crippen LogP contribution in [0.25, 0.3) is 21.9 Å². The molecule has 0 fully saturated rings. The van der Waals surface area contributed by atoms with Gasteiger partial charge in [-0.25, -0.2) is 0 Å². The fourth-order valence-corrected chi connectivity index (χ4v) is 4.07. The van der Waals surface area contributed by atoms with E-state index in [0.29, 0.717) is 0 Å². The Bertz CT molecular complexity index is 1240. The van der Waals surface area contributed by atoms with Crippen molar-refractivity contribution in [1.82, 2.24) is 0 Å². The lowest BCUT2D eigenvalue weighted by molar-refractivity contribution is 1.30. The van der Waals surface area contributed by atoms with Gasteiger partial charge in [0.2, 0.25) is 0 Å². The van der Waals surface area contributed by atoms with Gasteiger partial charge in [-0.3, -0.25) is 0 Å². The number of hydrogen-bond donors (Lipinski definition) is 0. The van der Waals surface area contributed by atoms with E-state index in [4.69, 9.17) is 11.6 Å². The number of halogens is 1. The minimum atomic E-state index is 0.749. The van der Waals surface area contributed by atoms with Crippen molar-refractivity contribution in [1.29, 1.82) is 0 Å². The van der Waals surface area contributed by atoms with Crippen LogP contribution in [-0.4, -0.2) is 0 Å². The number of rotatable bonds is 4. The van der Waals surface area contributed by atoms with Crippen molar-refractivity contribution in [2.24, 2.45) is 0 Å². The van der Waals surface area contributed by atoms with E-state index in [9.17, 15) is 0 Å². The lowest BCUT2D eigenvalue weighted by atomic mass is 9.96. The van der Waals surface area contributed by atoms with Gasteiger partial charge >= 0.3 is 0 Å². The Kier molecular flexibility index (Phi) is 4.96. The van der Waals surface area contributed by atoms with Gasteiger partial charge in [0.1, 0.15) is 0 Å². The van der Waals surface area contributed by atoms with E-state index >= 15 is 0 Å². The number of hydrogen-bond acceptors (Lipinski definition) is 1. The van der Waals surface area contributed by atoms with Crippen LogP contribution in [0.4, 0.5) is 17.1 Å². The Hall–Kier alpha value is -3.55. The molecule has 5 rings (SSSR count). The summed E-state index contributed by atoms with van der Waals surface area (Å²) in [6, 6.07) is 42.1. The van der Waals surface area contributed by atoms with Gasteiger partial charge in [0, 0.05) is 21.8 Å². The highest BCUT2D eigenvalue weighted by Gasteiger charge is 2.16. The molecule has 30 heavy (non-hydrogen) atoms. The molecule has 144 valence electrons. The molecule has 0 radical (unpaired) electrons. The van der Waals surface area contributed by atoms with Crippen molar-refractivity contribution in [2.75, 3.05) is 4.90 Å². The van der Waals surface area contributed by atoms with Gasteiger partial charge in [-0.2, -0.15) is 0 Å². The largest absolute Gasteiger partial charge is 0.310 e. The van der Waals surface area contributed by atoms with Gasteiger partial charge in [-0.1, -0.05) is 90.5 Å². The second kappa shape index (κ2) is 8.06. The summed E-state index contributed by atoms with van der Waals surface area (Å²) in [5.74, 6) is 0. The monoisotopic (exact) mass is 405 g/mol. The minimum Gasteiger partial charge on any atom is -0.310 e. The third kappa shape index (κ3) is 3.45. The third-order valence-electron chi connectivity index (χ3n) is 5.33. The summed E-state index contributed by atoms with van der Waals surface area (Å²) in [5.41, 5.74) is 5.78. The van der Waals surface area contributed by atoms with Gasteiger partial charge in [-0.05, 0) is 59.0 Å². The van der Waals surface area contributed by atoms with Gasteiger partial charge in [0.05, 0.1) is 5.69 Å². The van der Waals surface area contributed by atoms with Crippen molar-refractivity contribution in [3.63, 3.8) is 0 Å². The Morgan fingerprint density at radius 3 is 1.60 bits per heavy atom. The Morgan fingerprint density at radius 1 is 0.467 bits per heavy atom.